The number of rotatable bonds is 0. The molecule has 1 heteroatoms. The predicted molar refractivity (Wildman–Crippen MR) is 51.9 cm³/mol. The normalized spacial score (nSPS) is 37.8. The number of ether oxygens (including phenoxy) is 1. The minimum atomic E-state index is -0.846. The first-order valence-corrected chi connectivity index (χ1v) is 3.97. The maximum absolute atomic E-state index is 7.93. The third-order valence-electron chi connectivity index (χ3n) is 2.13. The molecule has 2 atom stereocenters. The highest BCUT2D eigenvalue weighted by Crippen LogP contribution is 2.40. The number of benzene rings is 1. The van der Waals surface area contributed by atoms with Crippen LogP contribution in [0.15, 0.2) is 48.4 Å². The monoisotopic (exact) mass is 177 g/mol. The van der Waals surface area contributed by atoms with Gasteiger partial charge in [-0.3, -0.25) is 0 Å². The highest BCUT2D eigenvalue weighted by Gasteiger charge is 2.30. The van der Waals surface area contributed by atoms with Gasteiger partial charge in [0.2, 0.25) is 0 Å². The van der Waals surface area contributed by atoms with Crippen molar-refractivity contribution in [2.45, 2.75) is 12.0 Å². The quantitative estimate of drug-likeness (QED) is 0.592. The Bertz CT molecular complexity index is 692. The van der Waals surface area contributed by atoms with Crippen molar-refractivity contribution in [1.29, 1.82) is 0 Å². The summed E-state index contributed by atoms with van der Waals surface area (Å²) in [6.07, 6.45) is 0.568. The van der Waals surface area contributed by atoms with Gasteiger partial charge in [-0.1, -0.05) is 36.3 Å². The third kappa shape index (κ3) is 0.934. The lowest BCUT2D eigenvalue weighted by molar-refractivity contribution is 0.269. The Morgan fingerprint density at radius 3 is 3.15 bits per heavy atom. The number of para-hydroxylation sites is 1. The summed E-state index contributed by atoms with van der Waals surface area (Å²) in [6, 6.07) is -1.77. The van der Waals surface area contributed by atoms with Gasteiger partial charge < -0.3 is 4.74 Å². The first-order chi connectivity index (χ1) is 9.34. The van der Waals surface area contributed by atoms with E-state index >= 15 is 0 Å². The molecular formula is C12H10O. The Hall–Kier alpha value is -1.50. The van der Waals surface area contributed by atoms with Crippen molar-refractivity contribution in [3.63, 3.8) is 0 Å². The van der Waals surface area contributed by atoms with Gasteiger partial charge in [0.15, 0.2) is 0 Å². The van der Waals surface area contributed by atoms with Gasteiger partial charge in [0, 0.05) is 11.5 Å². The van der Waals surface area contributed by atoms with Crippen molar-refractivity contribution < 1.29 is 14.3 Å². The highest BCUT2D eigenvalue weighted by atomic mass is 16.5. The largest absolute Gasteiger partial charge is 0.485 e. The van der Waals surface area contributed by atoms with Crippen molar-refractivity contribution in [2.24, 2.45) is 0 Å². The molecule has 1 heterocycles. The van der Waals surface area contributed by atoms with Crippen molar-refractivity contribution in [3.05, 3.63) is 54.0 Å². The van der Waals surface area contributed by atoms with E-state index in [1.807, 2.05) is 0 Å². The maximum Gasteiger partial charge on any atom is 0.128 e. The molecular weight excluding hydrogens is 160 g/mol. The molecule has 0 fully saturated rings. The van der Waals surface area contributed by atoms with Crippen LogP contribution in [-0.4, -0.2) is 6.10 Å². The van der Waals surface area contributed by atoms with Gasteiger partial charge in [0.25, 0.3) is 0 Å². The van der Waals surface area contributed by atoms with Crippen LogP contribution in [0.25, 0.3) is 0 Å². The van der Waals surface area contributed by atoms with Gasteiger partial charge in [-0.25, -0.2) is 0 Å². The van der Waals surface area contributed by atoms with E-state index in [0.717, 1.165) is 0 Å². The molecule has 1 aliphatic carbocycles. The van der Waals surface area contributed by atoms with Gasteiger partial charge in [-0.15, -0.1) is 0 Å². The van der Waals surface area contributed by atoms with E-state index in [1.54, 1.807) is 0 Å². The lowest BCUT2D eigenvalue weighted by Crippen LogP contribution is -2.15. The van der Waals surface area contributed by atoms with Gasteiger partial charge in [-0.2, -0.15) is 0 Å². The summed E-state index contributed by atoms with van der Waals surface area (Å²) >= 11 is 0. The van der Waals surface area contributed by atoms with Crippen LogP contribution in [0, 0.1) is 0 Å². The minimum Gasteiger partial charge on any atom is -0.485 e. The average Bonchev–Trinajstić information content (AvgIpc) is 2.80. The van der Waals surface area contributed by atoms with Gasteiger partial charge >= 0.3 is 0 Å². The summed E-state index contributed by atoms with van der Waals surface area (Å²) < 4.78 is 59.7. The van der Waals surface area contributed by atoms with Crippen molar-refractivity contribution in [2.75, 3.05) is 0 Å². The van der Waals surface area contributed by atoms with E-state index in [-0.39, 0.29) is 53.6 Å². The molecule has 2 aliphatic rings. The zero-order chi connectivity index (χ0) is 14.8. The fourth-order valence-corrected chi connectivity index (χ4v) is 1.52. The molecule has 2 unspecified atom stereocenters. The smallest absolute Gasteiger partial charge is 0.128 e. The molecule has 0 saturated carbocycles. The summed E-state index contributed by atoms with van der Waals surface area (Å²) in [5.74, 6) is -0.588. The molecule has 3 rings (SSSR count). The summed E-state index contributed by atoms with van der Waals surface area (Å²) in [6.45, 7) is 0. The average molecular weight is 177 g/mol. The molecule has 1 aromatic carbocycles. The molecule has 0 radical (unpaired) electrons. The van der Waals surface area contributed by atoms with Crippen LogP contribution in [0.3, 0.4) is 0 Å². The van der Waals surface area contributed by atoms with E-state index in [0.29, 0.717) is 0 Å². The Labute approximate surface area is 87.2 Å². The van der Waals surface area contributed by atoms with E-state index < -0.39 is 12.0 Å². The molecule has 64 valence electrons. The topological polar surface area (TPSA) is 9.23 Å². The Kier molecular flexibility index (Phi) is 0.578. The van der Waals surface area contributed by atoms with Gasteiger partial charge in [0.05, 0.1) is 9.60 Å². The first kappa shape index (κ1) is 3.02. The third-order valence-corrected chi connectivity index (χ3v) is 2.13. The zero-order valence-corrected chi connectivity index (χ0v) is 6.64. The van der Waals surface area contributed by atoms with E-state index in [2.05, 4.69) is 0 Å². The number of hydrogen-bond donors (Lipinski definition) is 0. The van der Waals surface area contributed by atoms with Crippen LogP contribution in [0.2, 0.25) is 0 Å². The summed E-state index contributed by atoms with van der Waals surface area (Å²) in [4.78, 5) is 0. The molecule has 0 bridgehead atoms. The molecule has 1 nitrogen and oxygen atoms in total. The molecule has 1 aliphatic heterocycles. The summed E-state index contributed by atoms with van der Waals surface area (Å²) in [5, 5.41) is 0. The fourth-order valence-electron chi connectivity index (χ4n) is 1.52. The van der Waals surface area contributed by atoms with Crippen LogP contribution in [0.4, 0.5) is 0 Å². The summed E-state index contributed by atoms with van der Waals surface area (Å²) in [7, 11) is 0. The van der Waals surface area contributed by atoms with Crippen molar-refractivity contribution in [3.8, 4) is 5.75 Å². The number of hydrogen-bond acceptors (Lipinski definition) is 1. The summed E-state index contributed by atoms with van der Waals surface area (Å²) in [5.41, 5.74) is 0.267. The van der Waals surface area contributed by atoms with Crippen molar-refractivity contribution >= 4 is 0 Å². The van der Waals surface area contributed by atoms with Crippen LogP contribution >= 0.6 is 0 Å². The second kappa shape index (κ2) is 2.49. The van der Waals surface area contributed by atoms with Crippen LogP contribution < -0.4 is 4.74 Å². The molecule has 0 spiro atoms. The maximum atomic E-state index is 7.93. The van der Waals surface area contributed by atoms with Crippen LogP contribution in [-0.2, 0) is 0 Å². The van der Waals surface area contributed by atoms with Gasteiger partial charge in [-0.05, 0) is 12.1 Å². The fraction of sp³-hybridized carbons (Fsp3) is 0.167. The minimum absolute atomic E-state index is 0.0227. The molecule has 0 saturated heterocycles. The zero-order valence-electron chi connectivity index (χ0n) is 13.6. The second-order valence-electron chi connectivity index (χ2n) is 2.89. The van der Waals surface area contributed by atoms with E-state index in [4.69, 9.17) is 14.3 Å². The lowest BCUT2D eigenvalue weighted by Gasteiger charge is -2.13. The molecule has 0 amide bonds. The number of allylic oxidation sites excluding steroid dienone is 2. The molecule has 0 N–H and O–H groups in total. The highest BCUT2D eigenvalue weighted by molar-refractivity contribution is 5.46. The molecule has 1 aromatic rings. The van der Waals surface area contributed by atoms with E-state index in [1.165, 1.54) is 6.08 Å². The lowest BCUT2D eigenvalue weighted by atomic mass is 9.92. The number of fused-ring (bicyclic) bond motifs is 3. The Morgan fingerprint density at radius 2 is 2.15 bits per heavy atom. The van der Waals surface area contributed by atoms with E-state index in [9.17, 15) is 0 Å². The van der Waals surface area contributed by atoms with Gasteiger partial charge in [0.1, 0.15) is 11.9 Å². The second-order valence-corrected chi connectivity index (χ2v) is 2.89. The van der Waals surface area contributed by atoms with Crippen molar-refractivity contribution in [1.82, 2.24) is 0 Å². The first-order valence-electron chi connectivity index (χ1n) is 7.47. The standard InChI is InChI=1S/C12H10O/c1-3-7-11-9(5-1)10-6-2-4-8-12(10)13-11/h1-9,11H/i1D,2D,3D,4D,6D,7D,8D. The SMILES string of the molecule is [2H]C1=CC2c3c([2H])c([2H])c([2H])c([2H])c3OC2C([2H])=C1[2H]. The molecule has 0 aromatic heterocycles. The van der Waals surface area contributed by atoms with Crippen LogP contribution in [0.5, 0.6) is 5.75 Å². The Morgan fingerprint density at radius 1 is 1.23 bits per heavy atom. The molecule has 13 heavy (non-hydrogen) atoms. The predicted octanol–water partition coefficient (Wildman–Crippen LogP) is 2.66. The Balaban J connectivity index is 2.27. The van der Waals surface area contributed by atoms with Crippen LogP contribution in [0.1, 0.15) is 21.1 Å².